The van der Waals surface area contributed by atoms with E-state index < -0.39 is 30.4 Å². The van der Waals surface area contributed by atoms with Gasteiger partial charge in [-0.2, -0.15) is 0 Å². The number of benzene rings is 2. The number of carbonyl (C=O) groups excluding carboxylic acids is 2. The first kappa shape index (κ1) is 23.3. The molecule has 0 bridgehead atoms. The molecule has 2 amide bonds. The number of amides is 2. The summed E-state index contributed by atoms with van der Waals surface area (Å²) >= 11 is 0. The molecule has 2 aliphatic heterocycles. The zero-order chi connectivity index (χ0) is 24.4. The number of fused-ring (bicyclic) bond motifs is 4. The second kappa shape index (κ2) is 10.1. The predicted molar refractivity (Wildman–Crippen MR) is 125 cm³/mol. The molecule has 4 atom stereocenters. The standard InChI is InChI=1S/C26H28N2O7/c29-24(30)10-22(25(31)27-11-16-9-15-12-33-14-23(15)35-16)28-26(32)34-13-21-19-7-3-1-5-17(19)18-6-2-4-8-20(18)21/h1-8,15-16,21-23H,9-14H2,(H,27,31)(H,28,32)(H,29,30). The van der Waals surface area contributed by atoms with Gasteiger partial charge in [-0.1, -0.05) is 48.5 Å². The van der Waals surface area contributed by atoms with Gasteiger partial charge in [-0.15, -0.1) is 0 Å². The van der Waals surface area contributed by atoms with Crippen LogP contribution in [0.2, 0.25) is 0 Å². The minimum Gasteiger partial charge on any atom is -0.481 e. The maximum Gasteiger partial charge on any atom is 0.407 e. The maximum atomic E-state index is 12.7. The van der Waals surface area contributed by atoms with Crippen molar-refractivity contribution in [2.45, 2.75) is 37.0 Å². The number of nitrogens with one attached hydrogen (secondary N) is 2. The van der Waals surface area contributed by atoms with Crippen molar-refractivity contribution in [3.05, 3.63) is 59.7 Å². The lowest BCUT2D eigenvalue weighted by atomic mass is 9.98. The lowest BCUT2D eigenvalue weighted by Crippen LogP contribution is -2.49. The first-order valence-corrected chi connectivity index (χ1v) is 11.8. The summed E-state index contributed by atoms with van der Waals surface area (Å²) in [7, 11) is 0. The van der Waals surface area contributed by atoms with E-state index in [2.05, 4.69) is 10.6 Å². The molecule has 2 saturated heterocycles. The second-order valence-electron chi connectivity index (χ2n) is 9.20. The molecule has 35 heavy (non-hydrogen) atoms. The van der Waals surface area contributed by atoms with Gasteiger partial charge in [0.05, 0.1) is 31.8 Å². The van der Waals surface area contributed by atoms with Crippen molar-refractivity contribution in [3.8, 4) is 11.1 Å². The second-order valence-corrected chi connectivity index (χ2v) is 9.20. The van der Waals surface area contributed by atoms with Crippen LogP contribution in [0.15, 0.2) is 48.5 Å². The molecule has 9 nitrogen and oxygen atoms in total. The summed E-state index contributed by atoms with van der Waals surface area (Å²) in [6.07, 6.45) is -0.727. The number of carbonyl (C=O) groups is 3. The minimum atomic E-state index is -1.26. The van der Waals surface area contributed by atoms with E-state index in [1.807, 2.05) is 48.5 Å². The Hall–Kier alpha value is -3.43. The van der Waals surface area contributed by atoms with E-state index in [9.17, 15) is 19.5 Å². The Bertz CT molecular complexity index is 1060. The van der Waals surface area contributed by atoms with Crippen LogP contribution in [0, 0.1) is 5.92 Å². The smallest absolute Gasteiger partial charge is 0.407 e. The normalized spacial score (nSPS) is 23.1. The summed E-state index contributed by atoms with van der Waals surface area (Å²) < 4.78 is 16.7. The maximum absolute atomic E-state index is 12.7. The first-order chi connectivity index (χ1) is 17.0. The number of aliphatic carboxylic acids is 1. The van der Waals surface area contributed by atoms with Crippen LogP contribution >= 0.6 is 0 Å². The average molecular weight is 481 g/mol. The molecule has 3 N–H and O–H groups in total. The van der Waals surface area contributed by atoms with E-state index in [-0.39, 0.29) is 31.3 Å². The van der Waals surface area contributed by atoms with E-state index in [0.717, 1.165) is 28.7 Å². The van der Waals surface area contributed by atoms with Crippen molar-refractivity contribution >= 4 is 18.0 Å². The van der Waals surface area contributed by atoms with Gasteiger partial charge in [-0.25, -0.2) is 4.79 Å². The highest BCUT2D eigenvalue weighted by atomic mass is 16.6. The van der Waals surface area contributed by atoms with Crippen molar-refractivity contribution in [3.63, 3.8) is 0 Å². The number of alkyl carbamates (subject to hydrolysis) is 1. The molecule has 0 spiro atoms. The zero-order valence-corrected chi connectivity index (χ0v) is 19.1. The molecular weight excluding hydrogens is 452 g/mol. The summed E-state index contributed by atoms with van der Waals surface area (Å²) in [6.45, 7) is 1.52. The number of carboxylic acids is 1. The Morgan fingerprint density at radius 2 is 1.71 bits per heavy atom. The van der Waals surface area contributed by atoms with Crippen molar-refractivity contribution in [2.24, 2.45) is 5.92 Å². The topological polar surface area (TPSA) is 123 Å². The van der Waals surface area contributed by atoms with Gasteiger partial charge in [0, 0.05) is 18.4 Å². The van der Waals surface area contributed by atoms with E-state index in [1.165, 1.54) is 0 Å². The van der Waals surface area contributed by atoms with Gasteiger partial charge < -0.3 is 30.0 Å². The van der Waals surface area contributed by atoms with Crippen LogP contribution in [0.3, 0.4) is 0 Å². The Labute approximate surface area is 202 Å². The summed E-state index contributed by atoms with van der Waals surface area (Å²) in [5, 5.41) is 14.4. The molecule has 2 aromatic carbocycles. The summed E-state index contributed by atoms with van der Waals surface area (Å²) in [5.74, 6) is -1.60. The molecule has 0 saturated carbocycles. The number of hydrogen-bond donors (Lipinski definition) is 3. The monoisotopic (exact) mass is 480 g/mol. The molecule has 0 aromatic heterocycles. The fourth-order valence-corrected chi connectivity index (χ4v) is 5.22. The van der Waals surface area contributed by atoms with Crippen molar-refractivity contribution in [1.29, 1.82) is 0 Å². The van der Waals surface area contributed by atoms with Crippen LogP contribution in [0.4, 0.5) is 4.79 Å². The Kier molecular flexibility index (Phi) is 6.70. The van der Waals surface area contributed by atoms with Crippen LogP contribution in [-0.4, -0.2) is 67.7 Å². The van der Waals surface area contributed by atoms with Crippen molar-refractivity contribution in [2.75, 3.05) is 26.4 Å². The lowest BCUT2D eigenvalue weighted by molar-refractivity contribution is -0.139. The fourth-order valence-electron chi connectivity index (χ4n) is 5.22. The van der Waals surface area contributed by atoms with Gasteiger partial charge in [0.1, 0.15) is 12.6 Å². The summed E-state index contributed by atoms with van der Waals surface area (Å²) in [6, 6.07) is 14.7. The Balaban J connectivity index is 1.17. The van der Waals surface area contributed by atoms with Gasteiger partial charge in [0.15, 0.2) is 0 Å². The fraction of sp³-hybridized carbons (Fsp3) is 0.423. The molecular formula is C26H28N2O7. The quantitative estimate of drug-likeness (QED) is 0.530. The first-order valence-electron chi connectivity index (χ1n) is 11.8. The van der Waals surface area contributed by atoms with Gasteiger partial charge in [0.25, 0.3) is 0 Å². The van der Waals surface area contributed by atoms with E-state index >= 15 is 0 Å². The summed E-state index contributed by atoms with van der Waals surface area (Å²) in [4.78, 5) is 36.6. The molecule has 9 heteroatoms. The average Bonchev–Trinajstić information content (AvgIpc) is 3.53. The lowest BCUT2D eigenvalue weighted by Gasteiger charge is -2.20. The molecule has 184 valence electrons. The Morgan fingerprint density at radius 1 is 1.03 bits per heavy atom. The molecule has 0 radical (unpaired) electrons. The van der Waals surface area contributed by atoms with Crippen LogP contribution in [0.1, 0.15) is 29.9 Å². The Morgan fingerprint density at radius 3 is 2.37 bits per heavy atom. The molecule has 5 rings (SSSR count). The highest BCUT2D eigenvalue weighted by molar-refractivity contribution is 5.89. The molecule has 2 heterocycles. The number of hydrogen-bond acceptors (Lipinski definition) is 6. The molecule has 4 unspecified atom stereocenters. The van der Waals surface area contributed by atoms with E-state index in [0.29, 0.717) is 19.1 Å². The van der Waals surface area contributed by atoms with Crippen LogP contribution in [0.25, 0.3) is 11.1 Å². The minimum absolute atomic E-state index is 0.0469. The van der Waals surface area contributed by atoms with Crippen LogP contribution in [0.5, 0.6) is 0 Å². The summed E-state index contributed by atoms with van der Waals surface area (Å²) in [5.41, 5.74) is 4.33. The van der Waals surface area contributed by atoms with Crippen molar-refractivity contribution in [1.82, 2.24) is 10.6 Å². The molecule has 2 aromatic rings. The molecule has 2 fully saturated rings. The number of ether oxygens (including phenoxy) is 3. The van der Waals surface area contributed by atoms with Crippen LogP contribution in [-0.2, 0) is 23.8 Å². The van der Waals surface area contributed by atoms with E-state index in [1.54, 1.807) is 0 Å². The SMILES string of the molecule is O=C(O)CC(NC(=O)OCC1c2ccccc2-c2ccccc21)C(=O)NCC1CC2COCC2O1. The van der Waals surface area contributed by atoms with Gasteiger partial charge in [-0.05, 0) is 28.7 Å². The largest absolute Gasteiger partial charge is 0.481 e. The van der Waals surface area contributed by atoms with Gasteiger partial charge >= 0.3 is 12.1 Å². The van der Waals surface area contributed by atoms with E-state index in [4.69, 9.17) is 14.2 Å². The zero-order valence-electron chi connectivity index (χ0n) is 19.1. The predicted octanol–water partition coefficient (Wildman–Crippen LogP) is 2.29. The highest BCUT2D eigenvalue weighted by Gasteiger charge is 2.39. The third-order valence-corrected chi connectivity index (χ3v) is 6.91. The van der Waals surface area contributed by atoms with Crippen LogP contribution < -0.4 is 10.6 Å². The molecule has 1 aliphatic carbocycles. The molecule has 3 aliphatic rings. The number of rotatable bonds is 8. The van der Waals surface area contributed by atoms with Gasteiger partial charge in [0.2, 0.25) is 5.91 Å². The third kappa shape index (κ3) is 5.01. The van der Waals surface area contributed by atoms with Crippen molar-refractivity contribution < 1.29 is 33.7 Å². The van der Waals surface area contributed by atoms with Gasteiger partial charge in [-0.3, -0.25) is 9.59 Å². The highest BCUT2D eigenvalue weighted by Crippen LogP contribution is 2.44. The number of carboxylic acid groups (broad SMARTS) is 1. The third-order valence-electron chi connectivity index (χ3n) is 6.91.